The monoisotopic (exact) mass is 340 g/mol. The zero-order valence-electron chi connectivity index (χ0n) is 12.8. The third-order valence-electron chi connectivity index (χ3n) is 3.42. The average molecular weight is 340 g/mol. The van der Waals surface area contributed by atoms with E-state index >= 15 is 0 Å². The Morgan fingerprint density at radius 3 is 2.33 bits per heavy atom. The van der Waals surface area contributed by atoms with Crippen LogP contribution < -0.4 is 0 Å². The third kappa shape index (κ3) is 3.07. The fraction of sp³-hybridized carbons (Fsp3) is 0.0556. The van der Waals surface area contributed by atoms with Gasteiger partial charge in [0.05, 0.1) is 11.1 Å². The van der Waals surface area contributed by atoms with Crippen LogP contribution in [-0.2, 0) is 16.9 Å². The van der Waals surface area contributed by atoms with E-state index in [1.807, 2.05) is 0 Å². The number of sulfone groups is 1. The maximum absolute atomic E-state index is 12.9. The first-order valence-corrected chi connectivity index (χ1v) is 8.56. The maximum Gasteiger partial charge on any atom is 0.240 e. The van der Waals surface area contributed by atoms with E-state index in [1.54, 1.807) is 37.4 Å². The molecule has 0 aliphatic carbocycles. The van der Waals surface area contributed by atoms with Gasteiger partial charge in [0.1, 0.15) is 11.5 Å². The normalized spacial score (nSPS) is 10.9. The molecule has 0 fully saturated rings. The van der Waals surface area contributed by atoms with Crippen LogP contribution >= 0.6 is 0 Å². The second-order valence-corrected chi connectivity index (χ2v) is 6.90. The van der Waals surface area contributed by atoms with Crippen molar-refractivity contribution in [1.29, 1.82) is 0 Å². The Balaban J connectivity index is 1.97. The van der Waals surface area contributed by atoms with E-state index in [0.29, 0.717) is 11.3 Å². The smallest absolute Gasteiger partial charge is 0.240 e. The van der Waals surface area contributed by atoms with E-state index in [4.69, 9.17) is 0 Å². The molecule has 0 aliphatic heterocycles. The number of nitrogens with zero attached hydrogens (tertiary/aromatic N) is 2. The van der Waals surface area contributed by atoms with Crippen LogP contribution in [0.4, 0.5) is 4.39 Å². The van der Waals surface area contributed by atoms with Gasteiger partial charge in [-0.3, -0.25) is 0 Å². The summed E-state index contributed by atoms with van der Waals surface area (Å²) in [5.74, 6) is 5.38. The number of hydrogen-bond acceptors (Lipinski definition) is 3. The number of imidazole rings is 1. The molecule has 0 unspecified atom stereocenters. The van der Waals surface area contributed by atoms with Crippen LogP contribution in [-0.4, -0.2) is 18.0 Å². The van der Waals surface area contributed by atoms with Crippen molar-refractivity contribution in [2.24, 2.45) is 7.05 Å². The minimum Gasteiger partial charge on any atom is -0.311 e. The Hall–Kier alpha value is -2.91. The van der Waals surface area contributed by atoms with Crippen LogP contribution in [0.3, 0.4) is 0 Å². The van der Waals surface area contributed by atoms with Gasteiger partial charge in [-0.05, 0) is 42.3 Å². The highest BCUT2D eigenvalue weighted by atomic mass is 32.2. The first-order valence-electron chi connectivity index (χ1n) is 7.08. The molecule has 1 heterocycles. The lowest BCUT2D eigenvalue weighted by molar-refractivity contribution is 0.578. The second kappa shape index (κ2) is 6.30. The Labute approximate surface area is 139 Å². The molecule has 2 aromatic carbocycles. The highest BCUT2D eigenvalue weighted by Crippen LogP contribution is 2.19. The lowest BCUT2D eigenvalue weighted by atomic mass is 10.2. The molecule has 0 N–H and O–H groups in total. The van der Waals surface area contributed by atoms with Crippen molar-refractivity contribution in [3.8, 4) is 11.8 Å². The van der Waals surface area contributed by atoms with Crippen molar-refractivity contribution in [2.75, 3.05) is 0 Å². The zero-order chi connectivity index (χ0) is 17.2. The molecule has 1 aromatic heterocycles. The molecule has 3 rings (SSSR count). The van der Waals surface area contributed by atoms with Gasteiger partial charge in [0.2, 0.25) is 15.0 Å². The highest BCUT2D eigenvalue weighted by molar-refractivity contribution is 7.91. The summed E-state index contributed by atoms with van der Waals surface area (Å²) in [6.07, 6.45) is 1.41. The van der Waals surface area contributed by atoms with Gasteiger partial charge in [0, 0.05) is 12.6 Å². The standard InChI is InChI=1S/C18H13FN2O2S/c1-21-16(12-9-14-7-10-15(19)11-8-14)13-20-18(21)24(22,23)17-5-3-2-4-6-17/h2-8,10-11,13H,1H3. The van der Waals surface area contributed by atoms with E-state index in [9.17, 15) is 12.8 Å². The van der Waals surface area contributed by atoms with E-state index in [2.05, 4.69) is 16.8 Å². The molecule has 0 bridgehead atoms. The summed E-state index contributed by atoms with van der Waals surface area (Å²) < 4.78 is 39.5. The second-order valence-electron chi connectivity index (χ2n) is 5.06. The molecular weight excluding hydrogens is 327 g/mol. The molecule has 0 saturated carbocycles. The van der Waals surface area contributed by atoms with Crippen LogP contribution in [0.5, 0.6) is 0 Å². The van der Waals surface area contributed by atoms with Gasteiger partial charge in [-0.25, -0.2) is 17.8 Å². The number of hydrogen-bond donors (Lipinski definition) is 0. The number of halogens is 1. The summed E-state index contributed by atoms with van der Waals surface area (Å²) >= 11 is 0. The number of aromatic nitrogens is 2. The van der Waals surface area contributed by atoms with E-state index < -0.39 is 9.84 Å². The van der Waals surface area contributed by atoms with Crippen molar-refractivity contribution in [3.05, 3.63) is 77.9 Å². The molecule has 0 amide bonds. The SMILES string of the molecule is Cn1c(C#Cc2ccc(F)cc2)cnc1S(=O)(=O)c1ccccc1. The molecule has 3 aromatic rings. The first-order chi connectivity index (χ1) is 11.5. The van der Waals surface area contributed by atoms with Crippen LogP contribution in [0, 0.1) is 17.7 Å². The highest BCUT2D eigenvalue weighted by Gasteiger charge is 2.23. The summed E-state index contributed by atoms with van der Waals surface area (Å²) in [7, 11) is -2.11. The van der Waals surface area contributed by atoms with Crippen LogP contribution in [0.2, 0.25) is 0 Å². The summed E-state index contributed by atoms with van der Waals surface area (Å²) in [6.45, 7) is 0. The molecule has 4 nitrogen and oxygen atoms in total. The molecule has 0 spiro atoms. The average Bonchev–Trinajstić information content (AvgIpc) is 2.97. The summed E-state index contributed by atoms with van der Waals surface area (Å²) in [5.41, 5.74) is 1.08. The van der Waals surface area contributed by atoms with Gasteiger partial charge < -0.3 is 4.57 Å². The van der Waals surface area contributed by atoms with Gasteiger partial charge in [0.15, 0.2) is 0 Å². The maximum atomic E-state index is 12.9. The van der Waals surface area contributed by atoms with Crippen molar-refractivity contribution < 1.29 is 12.8 Å². The van der Waals surface area contributed by atoms with Gasteiger partial charge in [0.25, 0.3) is 0 Å². The number of benzene rings is 2. The Morgan fingerprint density at radius 1 is 1.00 bits per heavy atom. The van der Waals surface area contributed by atoms with Crippen LogP contribution in [0.15, 0.2) is 70.8 Å². The largest absolute Gasteiger partial charge is 0.311 e. The van der Waals surface area contributed by atoms with E-state index in [-0.39, 0.29) is 15.9 Å². The summed E-state index contributed by atoms with van der Waals surface area (Å²) in [5, 5.41) is -0.0721. The quantitative estimate of drug-likeness (QED) is 0.674. The zero-order valence-corrected chi connectivity index (χ0v) is 13.6. The van der Waals surface area contributed by atoms with Crippen LogP contribution in [0.1, 0.15) is 11.3 Å². The van der Waals surface area contributed by atoms with Gasteiger partial charge in [-0.2, -0.15) is 0 Å². The van der Waals surface area contributed by atoms with Crippen molar-refractivity contribution in [2.45, 2.75) is 10.1 Å². The first kappa shape index (κ1) is 16.0. The molecule has 120 valence electrons. The van der Waals surface area contributed by atoms with E-state index in [0.717, 1.165) is 0 Å². The van der Waals surface area contributed by atoms with E-state index in [1.165, 1.54) is 35.0 Å². The predicted molar refractivity (Wildman–Crippen MR) is 87.5 cm³/mol. The minimum absolute atomic E-state index is 0.0721. The van der Waals surface area contributed by atoms with Crippen molar-refractivity contribution >= 4 is 9.84 Å². The fourth-order valence-corrected chi connectivity index (χ4v) is 3.51. The Morgan fingerprint density at radius 2 is 1.67 bits per heavy atom. The van der Waals surface area contributed by atoms with Crippen molar-refractivity contribution in [3.63, 3.8) is 0 Å². The minimum atomic E-state index is -3.70. The lowest BCUT2D eigenvalue weighted by Crippen LogP contribution is -2.09. The molecule has 0 aliphatic rings. The molecule has 6 heteroatoms. The van der Waals surface area contributed by atoms with Crippen LogP contribution in [0.25, 0.3) is 0 Å². The van der Waals surface area contributed by atoms with Gasteiger partial charge in [-0.1, -0.05) is 24.1 Å². The molecular formula is C18H13FN2O2S. The molecule has 0 saturated heterocycles. The predicted octanol–water partition coefficient (Wildman–Crippen LogP) is 2.79. The topological polar surface area (TPSA) is 52.0 Å². The fourth-order valence-electron chi connectivity index (χ4n) is 2.13. The Kier molecular flexibility index (Phi) is 4.19. The Bertz CT molecular complexity index is 1030. The lowest BCUT2D eigenvalue weighted by Gasteiger charge is -2.04. The third-order valence-corrected chi connectivity index (χ3v) is 5.17. The van der Waals surface area contributed by atoms with Gasteiger partial charge in [-0.15, -0.1) is 0 Å². The summed E-state index contributed by atoms with van der Waals surface area (Å²) in [6, 6.07) is 13.9. The van der Waals surface area contributed by atoms with Crippen molar-refractivity contribution in [1.82, 2.24) is 9.55 Å². The van der Waals surface area contributed by atoms with Gasteiger partial charge >= 0.3 is 0 Å². The molecule has 0 atom stereocenters. The molecule has 24 heavy (non-hydrogen) atoms. The molecule has 0 radical (unpaired) electrons. The summed E-state index contributed by atoms with van der Waals surface area (Å²) in [4.78, 5) is 4.18. The number of rotatable bonds is 2.